The van der Waals surface area contributed by atoms with Gasteiger partial charge in [0, 0.05) is 73.2 Å². The van der Waals surface area contributed by atoms with Crippen molar-refractivity contribution >= 4 is 38.8 Å². The number of aryl methyl sites for hydroxylation is 1. The molecule has 2 bridgehead atoms. The topological polar surface area (TPSA) is 74.4 Å². The smallest absolute Gasteiger partial charge is 0.262 e. The Bertz CT molecular complexity index is 1810. The van der Waals surface area contributed by atoms with Crippen LogP contribution in [0.2, 0.25) is 5.02 Å². The van der Waals surface area contributed by atoms with Crippen molar-refractivity contribution in [2.75, 3.05) is 63.9 Å². The van der Waals surface area contributed by atoms with Crippen LogP contribution in [-0.4, -0.2) is 102 Å². The molecule has 10 heteroatoms. The van der Waals surface area contributed by atoms with Crippen molar-refractivity contribution in [3.63, 3.8) is 0 Å². The highest BCUT2D eigenvalue weighted by Gasteiger charge is 2.51. The highest BCUT2D eigenvalue weighted by Crippen LogP contribution is 2.50. The summed E-state index contributed by atoms with van der Waals surface area (Å²) in [6.45, 7) is 14.9. The molecule has 1 amide bonds. The van der Waals surface area contributed by atoms with E-state index in [0.717, 1.165) is 94.3 Å². The van der Waals surface area contributed by atoms with Crippen molar-refractivity contribution < 1.29 is 18.5 Å². The number of carbonyl (C=O) groups is 1. The Morgan fingerprint density at radius 2 is 1.87 bits per heavy atom. The minimum Gasteiger partial charge on any atom is -0.490 e. The molecular weight excluding hydrogens is 716 g/mol. The molecule has 2 aromatic rings. The molecule has 1 N–H and O–H groups in total. The van der Waals surface area contributed by atoms with Crippen molar-refractivity contribution in [2.45, 2.75) is 114 Å². The third-order valence-corrected chi connectivity index (χ3v) is 17.1. The molecule has 4 heterocycles. The molecule has 2 saturated heterocycles. The van der Waals surface area contributed by atoms with Gasteiger partial charge in [-0.15, -0.1) is 0 Å². The molecule has 3 fully saturated rings. The lowest BCUT2D eigenvalue weighted by Gasteiger charge is -2.54. The van der Waals surface area contributed by atoms with Crippen LogP contribution in [0, 0.1) is 17.8 Å². The van der Waals surface area contributed by atoms with Gasteiger partial charge in [0.05, 0.1) is 27.6 Å². The Balaban J connectivity index is 1.18. The summed E-state index contributed by atoms with van der Waals surface area (Å²) in [7, 11) is -2.92. The van der Waals surface area contributed by atoms with Gasteiger partial charge in [-0.1, -0.05) is 37.4 Å². The molecule has 2 aromatic carbocycles. The first-order chi connectivity index (χ1) is 26.0. The van der Waals surface area contributed by atoms with Crippen LogP contribution in [0.4, 0.5) is 5.69 Å². The molecular formula is C44H63ClN4O4S. The summed E-state index contributed by atoms with van der Waals surface area (Å²) in [6.07, 6.45) is 12.3. The molecule has 1 saturated carbocycles. The molecule has 6 aliphatic rings. The van der Waals surface area contributed by atoms with Crippen LogP contribution in [0.3, 0.4) is 0 Å². The van der Waals surface area contributed by atoms with Crippen LogP contribution in [0.5, 0.6) is 5.75 Å². The van der Waals surface area contributed by atoms with E-state index < -0.39 is 9.71 Å². The molecule has 4 aliphatic heterocycles. The van der Waals surface area contributed by atoms with Crippen molar-refractivity contribution in [3.05, 3.63) is 58.1 Å². The zero-order chi connectivity index (χ0) is 37.7. The minimum absolute atomic E-state index is 0.130. The summed E-state index contributed by atoms with van der Waals surface area (Å²) in [4.78, 5) is 21.9. The maximum absolute atomic E-state index is 14.2. The first-order valence-electron chi connectivity index (χ1n) is 21.1. The average molecular weight is 780 g/mol. The van der Waals surface area contributed by atoms with Gasteiger partial charge in [-0.2, -0.15) is 0 Å². The van der Waals surface area contributed by atoms with Gasteiger partial charge in [-0.25, -0.2) is 4.21 Å². The second-order valence-corrected chi connectivity index (χ2v) is 20.7. The van der Waals surface area contributed by atoms with Crippen LogP contribution in [-0.2, 0) is 26.3 Å². The quantitative estimate of drug-likeness (QED) is 0.326. The van der Waals surface area contributed by atoms with Crippen LogP contribution in [0.25, 0.3) is 0 Å². The van der Waals surface area contributed by atoms with E-state index in [4.69, 9.17) is 21.1 Å². The number of hydrogen-bond acceptors (Lipinski definition) is 7. The fourth-order valence-electron chi connectivity index (χ4n) is 11.3. The predicted molar refractivity (Wildman–Crippen MR) is 222 cm³/mol. The van der Waals surface area contributed by atoms with Crippen LogP contribution in [0.15, 0.2) is 36.4 Å². The van der Waals surface area contributed by atoms with Gasteiger partial charge < -0.3 is 14.4 Å². The zero-order valence-corrected chi connectivity index (χ0v) is 34.5. The molecule has 0 radical (unpaired) electrons. The maximum Gasteiger partial charge on any atom is 0.262 e. The fraction of sp³-hybridized carbons (Fsp3) is 0.682. The highest BCUT2D eigenvalue weighted by atomic mass is 35.5. The first-order valence-corrected chi connectivity index (χ1v) is 23.3. The monoisotopic (exact) mass is 778 g/mol. The van der Waals surface area contributed by atoms with Crippen LogP contribution >= 0.6 is 11.6 Å². The van der Waals surface area contributed by atoms with Crippen molar-refractivity contribution in [1.29, 1.82) is 0 Å². The Kier molecular flexibility index (Phi) is 11.1. The van der Waals surface area contributed by atoms with Gasteiger partial charge in [-0.05, 0) is 143 Å². The number of anilines is 1. The third kappa shape index (κ3) is 7.46. The molecule has 8 rings (SSSR count). The molecule has 2 aliphatic carbocycles. The van der Waals surface area contributed by atoms with Crippen molar-refractivity contribution in [1.82, 2.24) is 14.5 Å². The van der Waals surface area contributed by atoms with E-state index in [9.17, 15) is 9.00 Å². The number of amides is 1. The van der Waals surface area contributed by atoms with Gasteiger partial charge in [0.1, 0.15) is 5.75 Å². The van der Waals surface area contributed by atoms with Gasteiger partial charge in [-0.3, -0.25) is 19.3 Å². The standard InChI is InChI=1S/C44H63ClN4O4S/c1-5-53-44(29-47-22-23-48-21-7-6-12-37(48)27-47)20-8-10-31(2)32(3)54(4,51)46-42(50)34-14-18-41-40(25-34)49(26-35-13-16-39(35)44)28-43(30-52-41)19-9-11-33-24-36(45)15-17-38(33)43/h14-15,17-18,24-25,31-32,35,37,39H,4-13,16,19-23,26-30H2,1-3H3,(H,46,50,51)/t31-,32+,35-,37+,39+,43-,44+,54?/m0/s1. The summed E-state index contributed by atoms with van der Waals surface area (Å²) >= 11 is 6.55. The molecule has 0 aromatic heterocycles. The molecule has 8 nitrogen and oxygen atoms in total. The Morgan fingerprint density at radius 3 is 2.69 bits per heavy atom. The van der Waals surface area contributed by atoms with E-state index >= 15 is 0 Å². The number of nitrogens with one attached hydrogen (secondary N) is 1. The molecule has 54 heavy (non-hydrogen) atoms. The highest BCUT2D eigenvalue weighted by molar-refractivity contribution is 7.99. The average Bonchev–Trinajstić information content (AvgIpc) is 3.29. The third-order valence-electron chi connectivity index (χ3n) is 14.6. The van der Waals surface area contributed by atoms with E-state index in [2.05, 4.69) is 51.3 Å². The lowest BCUT2D eigenvalue weighted by atomic mass is 9.62. The number of piperidine rings is 1. The van der Waals surface area contributed by atoms with E-state index in [-0.39, 0.29) is 28.1 Å². The number of halogens is 1. The number of fused-ring (bicyclic) bond motifs is 5. The van der Waals surface area contributed by atoms with E-state index in [1.54, 1.807) is 0 Å². The lowest BCUT2D eigenvalue weighted by Crippen LogP contribution is -2.62. The number of nitrogens with zero attached hydrogens (tertiary/aromatic N) is 3. The van der Waals surface area contributed by atoms with Crippen molar-refractivity contribution in [2.24, 2.45) is 17.8 Å². The van der Waals surface area contributed by atoms with Gasteiger partial charge in [0.15, 0.2) is 0 Å². The molecule has 1 spiro atoms. The van der Waals surface area contributed by atoms with E-state index in [1.165, 1.54) is 49.8 Å². The molecule has 8 atom stereocenters. The number of rotatable bonds is 4. The fourth-order valence-corrected chi connectivity index (χ4v) is 13.0. The summed E-state index contributed by atoms with van der Waals surface area (Å²) in [5, 5.41) is 0.511. The molecule has 296 valence electrons. The van der Waals surface area contributed by atoms with Crippen LogP contribution in [0.1, 0.15) is 106 Å². The first kappa shape index (κ1) is 38.6. The second kappa shape index (κ2) is 15.6. The largest absolute Gasteiger partial charge is 0.490 e. The maximum atomic E-state index is 14.2. The van der Waals surface area contributed by atoms with E-state index in [1.807, 2.05) is 31.2 Å². The number of benzene rings is 2. The normalized spacial score (nSPS) is 36.5. The Hall–Kier alpha value is -2.30. The van der Waals surface area contributed by atoms with Crippen molar-refractivity contribution in [3.8, 4) is 5.75 Å². The number of piperazine rings is 1. The van der Waals surface area contributed by atoms with Crippen LogP contribution < -0.4 is 14.4 Å². The summed E-state index contributed by atoms with van der Waals surface area (Å²) < 4.78 is 31.0. The summed E-state index contributed by atoms with van der Waals surface area (Å²) in [5.74, 6) is 5.60. The van der Waals surface area contributed by atoms with E-state index in [0.29, 0.717) is 36.7 Å². The summed E-state index contributed by atoms with van der Waals surface area (Å²) in [6, 6.07) is 12.8. The van der Waals surface area contributed by atoms with Gasteiger partial charge in [0.2, 0.25) is 0 Å². The zero-order valence-electron chi connectivity index (χ0n) is 33.0. The Morgan fingerprint density at radius 1 is 1.00 bits per heavy atom. The van der Waals surface area contributed by atoms with Gasteiger partial charge >= 0.3 is 0 Å². The number of ether oxygens (including phenoxy) is 2. The predicted octanol–water partition coefficient (Wildman–Crippen LogP) is 7.35. The minimum atomic E-state index is -2.92. The molecule has 1 unspecified atom stereocenters. The lowest BCUT2D eigenvalue weighted by molar-refractivity contribution is -0.151. The summed E-state index contributed by atoms with van der Waals surface area (Å²) in [5.41, 5.74) is 3.64. The number of hydrogen-bond donors (Lipinski definition) is 1. The SMILES string of the molecule is C=S1(=O)NC(=O)c2ccc3c(c2)N(C[C@@H]2CC[C@H]2[C@@](CN2CCN4CCCC[C@@H]4C2)(OCC)CCC[C@H](C)[C@H]1C)C[C@@]1(CCCc2cc(Cl)ccc21)CO3. The second-order valence-electron chi connectivity index (χ2n) is 17.9. The number of carbonyl (C=O) groups excluding carboxylic acids is 1. The Labute approximate surface area is 329 Å². The van der Waals surface area contributed by atoms with Gasteiger partial charge in [0.25, 0.3) is 5.91 Å².